The third kappa shape index (κ3) is 3.69. The second-order valence-electron chi connectivity index (χ2n) is 8.52. The average Bonchev–Trinajstić information content (AvgIpc) is 2.81. The summed E-state index contributed by atoms with van der Waals surface area (Å²) in [6, 6.07) is 3.69. The first-order valence-corrected chi connectivity index (χ1v) is 8.36. The van der Waals surface area contributed by atoms with Gasteiger partial charge in [0, 0.05) is 23.6 Å². The predicted octanol–water partition coefficient (Wildman–Crippen LogP) is 3.79. The Morgan fingerprint density at radius 3 is 1.96 bits per heavy atom. The second-order valence-corrected chi connectivity index (χ2v) is 8.52. The number of aryl methyl sites for hydroxylation is 1. The molecule has 4 nitrogen and oxygen atoms in total. The van der Waals surface area contributed by atoms with E-state index < -0.39 is 0 Å². The third-order valence-corrected chi connectivity index (χ3v) is 4.34. The number of carbonyl (C=O) groups is 1. The molecule has 0 atom stereocenters. The maximum absolute atomic E-state index is 12.8. The lowest BCUT2D eigenvalue weighted by Crippen LogP contribution is -2.38. The molecule has 1 heterocycles. The van der Waals surface area contributed by atoms with E-state index in [1.54, 1.807) is 0 Å². The number of rotatable bonds is 3. The maximum atomic E-state index is 12.8. The Morgan fingerprint density at radius 1 is 1.08 bits per heavy atom. The zero-order valence-corrected chi connectivity index (χ0v) is 15.8. The van der Waals surface area contributed by atoms with E-state index in [4.69, 9.17) is 0 Å². The molecule has 1 aromatic heterocycles. The molecule has 0 bridgehead atoms. The van der Waals surface area contributed by atoms with Crippen LogP contribution in [-0.2, 0) is 17.4 Å². The van der Waals surface area contributed by atoms with Gasteiger partial charge in [-0.3, -0.25) is 4.79 Å². The quantitative estimate of drug-likeness (QED) is 0.665. The van der Waals surface area contributed by atoms with E-state index in [9.17, 15) is 9.90 Å². The summed E-state index contributed by atoms with van der Waals surface area (Å²) in [6.45, 7) is 14.5. The number of nitrogens with one attached hydrogen (secondary N) is 1. The fourth-order valence-electron chi connectivity index (χ4n) is 2.80. The zero-order chi connectivity index (χ0) is 18.3. The normalized spacial score (nSPS) is 12.5. The standard InChI is InChI=1S/C20H28N2O2/c1-13-21-8-9-22(13)12-17(23)14-10-15(19(2,3)4)18(24)16(11-14)20(5,6)7/h8-11H,12H2,1-7H3,(H,23,24)/p+1. The molecule has 0 fully saturated rings. The summed E-state index contributed by atoms with van der Waals surface area (Å²) in [5, 5.41) is 10.7. The van der Waals surface area contributed by atoms with Gasteiger partial charge in [-0.1, -0.05) is 41.5 Å². The fraction of sp³-hybridized carbons (Fsp3) is 0.500. The highest BCUT2D eigenvalue weighted by Crippen LogP contribution is 2.39. The van der Waals surface area contributed by atoms with Gasteiger partial charge < -0.3 is 5.11 Å². The van der Waals surface area contributed by atoms with Gasteiger partial charge in [-0.05, 0) is 23.0 Å². The Bertz CT molecular complexity index is 724. The van der Waals surface area contributed by atoms with Crippen molar-refractivity contribution in [1.82, 2.24) is 4.98 Å². The van der Waals surface area contributed by atoms with Crippen LogP contribution in [0.15, 0.2) is 24.5 Å². The minimum absolute atomic E-state index is 0.0405. The van der Waals surface area contributed by atoms with E-state index in [0.717, 1.165) is 17.0 Å². The van der Waals surface area contributed by atoms with Crippen LogP contribution < -0.4 is 4.57 Å². The van der Waals surface area contributed by atoms with Crippen LogP contribution in [0.25, 0.3) is 0 Å². The van der Waals surface area contributed by atoms with Gasteiger partial charge in [0.1, 0.15) is 18.1 Å². The molecule has 0 aliphatic heterocycles. The number of H-pyrrole nitrogens is 1. The largest absolute Gasteiger partial charge is 0.507 e. The van der Waals surface area contributed by atoms with E-state index >= 15 is 0 Å². The number of aromatic nitrogens is 2. The van der Waals surface area contributed by atoms with Crippen molar-refractivity contribution in [3.63, 3.8) is 0 Å². The van der Waals surface area contributed by atoms with Gasteiger partial charge in [0.15, 0.2) is 6.54 Å². The van der Waals surface area contributed by atoms with Crippen LogP contribution in [0.4, 0.5) is 0 Å². The predicted molar refractivity (Wildman–Crippen MR) is 95.6 cm³/mol. The van der Waals surface area contributed by atoms with Crippen molar-refractivity contribution in [2.24, 2.45) is 0 Å². The number of nitrogens with zero attached hydrogens (tertiary/aromatic N) is 1. The molecular formula is C20H29N2O2+. The molecule has 0 unspecified atom stereocenters. The van der Waals surface area contributed by atoms with Crippen molar-refractivity contribution in [3.8, 4) is 5.75 Å². The highest BCUT2D eigenvalue weighted by Gasteiger charge is 2.28. The fourth-order valence-corrected chi connectivity index (χ4v) is 2.80. The van der Waals surface area contributed by atoms with Crippen molar-refractivity contribution >= 4 is 5.78 Å². The molecule has 2 N–H and O–H groups in total. The number of hydrogen-bond donors (Lipinski definition) is 2. The van der Waals surface area contributed by atoms with Crippen molar-refractivity contribution in [3.05, 3.63) is 47.0 Å². The van der Waals surface area contributed by atoms with Crippen molar-refractivity contribution in [1.29, 1.82) is 0 Å². The molecule has 0 aliphatic carbocycles. The van der Waals surface area contributed by atoms with Crippen molar-refractivity contribution in [2.75, 3.05) is 0 Å². The molecule has 0 aliphatic rings. The highest BCUT2D eigenvalue weighted by atomic mass is 16.3. The Labute approximate surface area is 144 Å². The Hall–Kier alpha value is -2.10. The number of imidazole rings is 1. The molecule has 0 saturated carbocycles. The summed E-state index contributed by atoms with van der Waals surface area (Å²) in [5.41, 5.74) is 1.80. The molecule has 2 rings (SSSR count). The maximum Gasteiger partial charge on any atom is 0.251 e. The summed E-state index contributed by atoms with van der Waals surface area (Å²) in [7, 11) is 0. The van der Waals surface area contributed by atoms with Crippen molar-refractivity contribution < 1.29 is 14.5 Å². The third-order valence-electron chi connectivity index (χ3n) is 4.34. The number of aromatic amines is 1. The molecule has 2 aromatic rings. The van der Waals surface area contributed by atoms with Crippen LogP contribution in [0.5, 0.6) is 5.75 Å². The average molecular weight is 329 g/mol. The van der Waals surface area contributed by atoms with Crippen LogP contribution in [-0.4, -0.2) is 15.9 Å². The Morgan fingerprint density at radius 2 is 1.58 bits per heavy atom. The number of phenolic OH excluding ortho intramolecular Hbond substituents is 1. The van der Waals surface area contributed by atoms with E-state index in [-0.39, 0.29) is 23.2 Å². The summed E-state index contributed by atoms with van der Waals surface area (Å²) in [5.74, 6) is 1.28. The molecule has 0 amide bonds. The highest BCUT2D eigenvalue weighted by molar-refractivity contribution is 5.96. The number of phenols is 1. The second kappa shape index (κ2) is 6.08. The Kier molecular flexibility index (Phi) is 4.62. The van der Waals surface area contributed by atoms with Crippen LogP contribution in [0, 0.1) is 6.92 Å². The van der Waals surface area contributed by atoms with Gasteiger partial charge in [0.05, 0.1) is 0 Å². The number of ketones is 1. The first-order valence-electron chi connectivity index (χ1n) is 8.36. The van der Waals surface area contributed by atoms with Gasteiger partial charge in [0.25, 0.3) is 5.82 Å². The monoisotopic (exact) mass is 329 g/mol. The molecular weight excluding hydrogens is 300 g/mol. The van der Waals surface area contributed by atoms with E-state index in [1.165, 1.54) is 0 Å². The van der Waals surface area contributed by atoms with Gasteiger partial charge in [0.2, 0.25) is 5.78 Å². The van der Waals surface area contributed by atoms with E-state index in [1.807, 2.05) is 77.6 Å². The number of Topliss-reactive ketones (excluding diaryl/α,β-unsaturated/α-hetero) is 1. The smallest absolute Gasteiger partial charge is 0.251 e. The first-order chi connectivity index (χ1) is 10.9. The lowest BCUT2D eigenvalue weighted by molar-refractivity contribution is -0.687. The number of benzene rings is 1. The lowest BCUT2D eigenvalue weighted by Gasteiger charge is -2.28. The molecule has 4 heteroatoms. The zero-order valence-electron chi connectivity index (χ0n) is 15.8. The summed E-state index contributed by atoms with van der Waals surface area (Å²) in [4.78, 5) is 15.9. The minimum atomic E-state index is -0.239. The summed E-state index contributed by atoms with van der Waals surface area (Å²) >= 11 is 0. The molecule has 130 valence electrons. The van der Waals surface area contributed by atoms with E-state index in [0.29, 0.717) is 11.3 Å². The van der Waals surface area contributed by atoms with Crippen LogP contribution in [0.3, 0.4) is 0 Å². The van der Waals surface area contributed by atoms with Gasteiger partial charge in [-0.15, -0.1) is 0 Å². The number of aromatic hydroxyl groups is 1. The van der Waals surface area contributed by atoms with Gasteiger partial charge >= 0.3 is 0 Å². The minimum Gasteiger partial charge on any atom is -0.507 e. The summed E-state index contributed by atoms with van der Waals surface area (Å²) in [6.07, 6.45) is 3.68. The lowest BCUT2D eigenvalue weighted by atomic mass is 9.78. The van der Waals surface area contributed by atoms with Crippen LogP contribution >= 0.6 is 0 Å². The molecule has 0 spiro atoms. The molecule has 0 saturated heterocycles. The first kappa shape index (κ1) is 18.2. The number of carbonyl (C=O) groups excluding carboxylic acids is 1. The SMILES string of the molecule is Cc1[nH]cc[n+]1CC(=O)c1cc(C(C)(C)C)c(O)c(C(C)(C)C)c1. The Balaban J connectivity index is 2.54. The van der Waals surface area contributed by atoms with Crippen LogP contribution in [0.2, 0.25) is 0 Å². The molecule has 1 aromatic carbocycles. The molecule has 0 radical (unpaired) electrons. The van der Waals surface area contributed by atoms with Gasteiger partial charge in [-0.25, -0.2) is 9.55 Å². The van der Waals surface area contributed by atoms with Gasteiger partial charge in [-0.2, -0.15) is 0 Å². The van der Waals surface area contributed by atoms with Crippen molar-refractivity contribution in [2.45, 2.75) is 65.8 Å². The topological polar surface area (TPSA) is 57.0 Å². The number of hydrogen-bond acceptors (Lipinski definition) is 2. The van der Waals surface area contributed by atoms with E-state index in [2.05, 4.69) is 4.98 Å². The molecule has 24 heavy (non-hydrogen) atoms. The van der Waals surface area contributed by atoms with Crippen LogP contribution in [0.1, 0.15) is 68.9 Å². The summed E-state index contributed by atoms with van der Waals surface area (Å²) < 4.78 is 1.89.